The number of hydrogen-bond donors (Lipinski definition) is 2. The van der Waals surface area contributed by atoms with Crippen molar-refractivity contribution in [2.24, 2.45) is 5.92 Å². The number of anilines is 2. The summed E-state index contributed by atoms with van der Waals surface area (Å²) in [6.07, 6.45) is 8.16. The van der Waals surface area contributed by atoms with Crippen molar-refractivity contribution in [1.82, 2.24) is 0 Å². The van der Waals surface area contributed by atoms with E-state index in [0.29, 0.717) is 11.3 Å². The molecule has 0 spiro atoms. The highest BCUT2D eigenvalue weighted by molar-refractivity contribution is 6.08. The summed E-state index contributed by atoms with van der Waals surface area (Å²) >= 11 is 0. The van der Waals surface area contributed by atoms with Crippen LogP contribution in [0, 0.1) is 5.92 Å². The molecule has 38 heavy (non-hydrogen) atoms. The Hall–Kier alpha value is -2.99. The van der Waals surface area contributed by atoms with Gasteiger partial charge in [-0.25, -0.2) is 0 Å². The SMILES string of the molecule is CCCCCc1cc2c(c(O)c1C(=O)Nc1ccc(N3CCOCC3)cc1)C1C=C(C)CC[C@H]1C(C)(C)O2. The van der Waals surface area contributed by atoms with Crippen molar-refractivity contribution in [1.29, 1.82) is 0 Å². The van der Waals surface area contributed by atoms with Crippen LogP contribution < -0.4 is 15.0 Å². The quantitative estimate of drug-likeness (QED) is 0.311. The van der Waals surface area contributed by atoms with E-state index < -0.39 is 0 Å². The van der Waals surface area contributed by atoms with Crippen molar-refractivity contribution in [3.8, 4) is 11.5 Å². The highest BCUT2D eigenvalue weighted by Gasteiger charge is 2.46. The third-order valence-corrected chi connectivity index (χ3v) is 8.51. The number of allylic oxidation sites excluding steroid dienone is 2. The Bertz CT molecular complexity index is 1190. The number of carbonyl (C=O) groups is 1. The van der Waals surface area contributed by atoms with Gasteiger partial charge < -0.3 is 24.8 Å². The summed E-state index contributed by atoms with van der Waals surface area (Å²) in [4.78, 5) is 16.0. The number of aromatic hydroxyl groups is 1. The molecule has 2 atom stereocenters. The van der Waals surface area contributed by atoms with Crippen LogP contribution in [0.4, 0.5) is 11.4 Å². The largest absolute Gasteiger partial charge is 0.507 e. The van der Waals surface area contributed by atoms with Gasteiger partial charge in [-0.2, -0.15) is 0 Å². The summed E-state index contributed by atoms with van der Waals surface area (Å²) in [5.41, 5.74) is 4.82. The molecule has 5 rings (SSSR count). The molecule has 6 nitrogen and oxygen atoms in total. The van der Waals surface area contributed by atoms with E-state index in [0.717, 1.165) is 87.4 Å². The number of rotatable bonds is 7. The van der Waals surface area contributed by atoms with Gasteiger partial charge in [0.05, 0.1) is 18.8 Å². The van der Waals surface area contributed by atoms with Crippen molar-refractivity contribution >= 4 is 17.3 Å². The van der Waals surface area contributed by atoms with Gasteiger partial charge in [0.2, 0.25) is 0 Å². The Morgan fingerprint density at radius 1 is 1.16 bits per heavy atom. The summed E-state index contributed by atoms with van der Waals surface area (Å²) in [7, 11) is 0. The van der Waals surface area contributed by atoms with Crippen molar-refractivity contribution in [2.45, 2.75) is 77.7 Å². The van der Waals surface area contributed by atoms with Crippen molar-refractivity contribution in [3.63, 3.8) is 0 Å². The van der Waals surface area contributed by atoms with Crippen LogP contribution in [0.2, 0.25) is 0 Å². The zero-order valence-corrected chi connectivity index (χ0v) is 23.3. The number of benzene rings is 2. The minimum atomic E-state index is -0.339. The molecule has 0 bridgehead atoms. The van der Waals surface area contributed by atoms with E-state index in [1.54, 1.807) is 0 Å². The van der Waals surface area contributed by atoms with Crippen LogP contribution in [-0.2, 0) is 11.2 Å². The molecule has 0 aromatic heterocycles. The number of nitrogens with zero attached hydrogens (tertiary/aromatic N) is 1. The normalized spacial score (nSPS) is 22.1. The number of amides is 1. The first-order valence-corrected chi connectivity index (χ1v) is 14.3. The highest BCUT2D eigenvalue weighted by atomic mass is 16.5. The summed E-state index contributed by atoms with van der Waals surface area (Å²) in [6.45, 7) is 11.8. The van der Waals surface area contributed by atoms with Gasteiger partial charge in [0.1, 0.15) is 17.1 Å². The lowest BCUT2D eigenvalue weighted by molar-refractivity contribution is 0.0107. The molecule has 2 aliphatic heterocycles. The van der Waals surface area contributed by atoms with Crippen molar-refractivity contribution in [2.75, 3.05) is 36.5 Å². The highest BCUT2D eigenvalue weighted by Crippen LogP contribution is 2.54. The van der Waals surface area contributed by atoms with E-state index in [9.17, 15) is 9.90 Å². The number of nitrogens with one attached hydrogen (secondary N) is 1. The van der Waals surface area contributed by atoms with Gasteiger partial charge >= 0.3 is 0 Å². The van der Waals surface area contributed by atoms with Gasteiger partial charge in [0, 0.05) is 41.9 Å². The lowest BCUT2D eigenvalue weighted by atomic mass is 9.67. The Balaban J connectivity index is 1.48. The maximum absolute atomic E-state index is 13.8. The van der Waals surface area contributed by atoms with E-state index in [-0.39, 0.29) is 29.1 Å². The maximum atomic E-state index is 13.8. The van der Waals surface area contributed by atoms with Gasteiger partial charge in [0.25, 0.3) is 5.91 Å². The molecule has 1 aliphatic carbocycles. The second-order valence-electron chi connectivity index (χ2n) is 11.6. The molecule has 2 aromatic carbocycles. The van der Waals surface area contributed by atoms with E-state index >= 15 is 0 Å². The summed E-state index contributed by atoms with van der Waals surface area (Å²) in [5, 5.41) is 14.8. The number of unbranched alkanes of at least 4 members (excludes halogenated alkanes) is 2. The Morgan fingerprint density at radius 2 is 1.89 bits per heavy atom. The number of morpholine rings is 1. The monoisotopic (exact) mass is 518 g/mol. The van der Waals surface area contributed by atoms with E-state index in [1.165, 1.54) is 5.57 Å². The van der Waals surface area contributed by atoms with E-state index in [2.05, 4.69) is 44.0 Å². The lowest BCUT2D eigenvalue weighted by Crippen LogP contribution is -2.45. The number of fused-ring (bicyclic) bond motifs is 3. The minimum Gasteiger partial charge on any atom is -0.507 e. The van der Waals surface area contributed by atoms with Gasteiger partial charge in [-0.05, 0) is 82.3 Å². The fourth-order valence-corrected chi connectivity index (χ4v) is 6.40. The zero-order valence-electron chi connectivity index (χ0n) is 23.3. The number of ether oxygens (including phenoxy) is 2. The molecule has 1 unspecified atom stereocenters. The molecular formula is C32H42N2O4. The summed E-state index contributed by atoms with van der Waals surface area (Å²) in [6, 6.07) is 9.96. The Kier molecular flexibility index (Phi) is 7.71. The first kappa shape index (κ1) is 26.6. The molecule has 2 aromatic rings. The summed E-state index contributed by atoms with van der Waals surface area (Å²) in [5.74, 6) is 0.810. The second kappa shape index (κ2) is 11.0. The third kappa shape index (κ3) is 5.28. The van der Waals surface area contributed by atoms with Gasteiger partial charge in [0.15, 0.2) is 0 Å². The van der Waals surface area contributed by atoms with Crippen molar-refractivity contribution in [3.05, 3.63) is 58.7 Å². The molecule has 0 radical (unpaired) electrons. The Labute approximate surface area is 227 Å². The molecule has 1 fully saturated rings. The van der Waals surface area contributed by atoms with Crippen LogP contribution in [0.15, 0.2) is 42.0 Å². The lowest BCUT2D eigenvalue weighted by Gasteiger charge is -2.46. The number of aryl methyl sites for hydroxylation is 1. The average molecular weight is 519 g/mol. The van der Waals surface area contributed by atoms with Gasteiger partial charge in [-0.15, -0.1) is 0 Å². The molecule has 3 aliphatic rings. The first-order valence-electron chi connectivity index (χ1n) is 14.3. The van der Waals surface area contributed by atoms with Crippen LogP contribution in [-0.4, -0.2) is 42.9 Å². The topological polar surface area (TPSA) is 71.0 Å². The Morgan fingerprint density at radius 3 is 2.61 bits per heavy atom. The second-order valence-corrected chi connectivity index (χ2v) is 11.6. The number of hydrogen-bond acceptors (Lipinski definition) is 5. The van der Waals surface area contributed by atoms with Crippen molar-refractivity contribution < 1.29 is 19.4 Å². The third-order valence-electron chi connectivity index (χ3n) is 8.51. The predicted molar refractivity (Wildman–Crippen MR) is 153 cm³/mol. The molecule has 1 amide bonds. The average Bonchev–Trinajstić information content (AvgIpc) is 2.89. The molecule has 1 saturated heterocycles. The number of carbonyl (C=O) groups excluding carboxylic acids is 1. The van der Waals surface area contributed by atoms with Crippen LogP contribution in [0.5, 0.6) is 11.5 Å². The minimum absolute atomic E-state index is 0.0338. The summed E-state index contributed by atoms with van der Waals surface area (Å²) < 4.78 is 12.0. The zero-order chi connectivity index (χ0) is 26.9. The first-order chi connectivity index (χ1) is 18.3. The molecule has 6 heteroatoms. The molecular weight excluding hydrogens is 476 g/mol. The van der Waals surface area contributed by atoms with E-state index in [4.69, 9.17) is 9.47 Å². The van der Waals surface area contributed by atoms with Gasteiger partial charge in [-0.3, -0.25) is 4.79 Å². The van der Waals surface area contributed by atoms with Crippen LogP contribution in [0.25, 0.3) is 0 Å². The molecule has 2 N–H and O–H groups in total. The number of phenolic OH excluding ortho intramolecular Hbond substituents is 1. The van der Waals surface area contributed by atoms with Crippen LogP contribution >= 0.6 is 0 Å². The fourth-order valence-electron chi connectivity index (χ4n) is 6.40. The molecule has 204 valence electrons. The maximum Gasteiger partial charge on any atom is 0.259 e. The smallest absolute Gasteiger partial charge is 0.259 e. The van der Waals surface area contributed by atoms with Crippen LogP contribution in [0.1, 0.15) is 87.2 Å². The molecule has 2 heterocycles. The van der Waals surface area contributed by atoms with E-state index in [1.807, 2.05) is 30.3 Å². The fraction of sp³-hybridized carbons (Fsp3) is 0.531. The number of phenols is 1. The van der Waals surface area contributed by atoms with Crippen LogP contribution in [0.3, 0.4) is 0 Å². The van der Waals surface area contributed by atoms with Gasteiger partial charge in [-0.1, -0.05) is 31.4 Å². The molecule has 0 saturated carbocycles. The predicted octanol–water partition coefficient (Wildman–Crippen LogP) is 6.82. The standard InChI is InChI=1S/C32H42N2O4/c1-5-6-7-8-22-20-27-29(25-19-21(2)9-14-26(25)32(3,4)38-27)30(35)28(22)31(36)33-23-10-12-24(13-11-23)34-15-17-37-18-16-34/h10-13,19-20,25-26,35H,5-9,14-18H2,1-4H3,(H,33,36)/t25?,26-/m1/s1.